The van der Waals surface area contributed by atoms with E-state index in [1.165, 1.54) is 0 Å². The number of piperidine rings is 1. The second kappa shape index (κ2) is 9.72. The van der Waals surface area contributed by atoms with E-state index in [9.17, 15) is 9.59 Å². The second-order valence-electron chi connectivity index (χ2n) is 5.25. The Bertz CT molecular complexity index is 304. The molecule has 0 radical (unpaired) electrons. The van der Waals surface area contributed by atoms with E-state index in [1.807, 2.05) is 6.92 Å². The number of carboxylic acids is 1. The molecule has 3 N–H and O–H groups in total. The number of carbonyl (C=O) groups is 2. The van der Waals surface area contributed by atoms with Crippen LogP contribution in [0.1, 0.15) is 39.0 Å². The molecule has 1 fully saturated rings. The van der Waals surface area contributed by atoms with Gasteiger partial charge in [-0.15, -0.1) is 0 Å². The van der Waals surface area contributed by atoms with Crippen LogP contribution in [0.15, 0.2) is 0 Å². The number of carbonyl (C=O) groups excluding carboxylic acids is 1. The molecule has 1 amide bonds. The van der Waals surface area contributed by atoms with Gasteiger partial charge in [-0.1, -0.05) is 13.3 Å². The number of carboxylic acid groups (broad SMARTS) is 1. The molecule has 0 spiro atoms. The van der Waals surface area contributed by atoms with Crippen molar-refractivity contribution >= 4 is 11.9 Å². The zero-order valence-electron chi connectivity index (χ0n) is 12.2. The van der Waals surface area contributed by atoms with Gasteiger partial charge in [0.05, 0.1) is 12.7 Å². The van der Waals surface area contributed by atoms with Crippen molar-refractivity contribution in [3.05, 3.63) is 0 Å². The fourth-order valence-electron chi connectivity index (χ4n) is 2.23. The third kappa shape index (κ3) is 7.45. The van der Waals surface area contributed by atoms with E-state index >= 15 is 0 Å². The molecule has 1 unspecified atom stereocenters. The molecular formula is C14H26N2O4. The molecule has 116 valence electrons. The number of aliphatic carboxylic acids is 1. The molecule has 0 aromatic rings. The first kappa shape index (κ1) is 16.9. The van der Waals surface area contributed by atoms with E-state index in [-0.39, 0.29) is 24.3 Å². The molecule has 1 aliphatic rings. The normalized spacial score (nSPS) is 17.6. The molecule has 6 nitrogen and oxygen atoms in total. The van der Waals surface area contributed by atoms with Gasteiger partial charge in [-0.05, 0) is 31.8 Å². The van der Waals surface area contributed by atoms with E-state index in [4.69, 9.17) is 9.84 Å². The van der Waals surface area contributed by atoms with Crippen LogP contribution in [0.3, 0.4) is 0 Å². The molecule has 20 heavy (non-hydrogen) atoms. The zero-order chi connectivity index (χ0) is 14.8. The van der Waals surface area contributed by atoms with Crippen LogP contribution >= 0.6 is 0 Å². The fraction of sp³-hybridized carbons (Fsp3) is 0.857. The van der Waals surface area contributed by atoms with Crippen LogP contribution in [0.2, 0.25) is 0 Å². The van der Waals surface area contributed by atoms with Gasteiger partial charge in [-0.25, -0.2) is 0 Å². The number of hydrogen-bond acceptors (Lipinski definition) is 4. The molecule has 0 saturated carbocycles. The third-order valence-electron chi connectivity index (χ3n) is 3.60. The Labute approximate surface area is 120 Å². The molecule has 0 aliphatic carbocycles. The van der Waals surface area contributed by atoms with Crippen LogP contribution in [-0.4, -0.2) is 49.3 Å². The van der Waals surface area contributed by atoms with Gasteiger partial charge < -0.3 is 20.5 Å². The van der Waals surface area contributed by atoms with E-state index in [1.54, 1.807) is 0 Å². The van der Waals surface area contributed by atoms with Gasteiger partial charge in [-0.3, -0.25) is 9.59 Å². The summed E-state index contributed by atoms with van der Waals surface area (Å²) in [5.41, 5.74) is 0. The lowest BCUT2D eigenvalue weighted by Crippen LogP contribution is -2.34. The Morgan fingerprint density at radius 2 is 2.10 bits per heavy atom. The number of rotatable bonds is 9. The summed E-state index contributed by atoms with van der Waals surface area (Å²) in [4.78, 5) is 22.3. The largest absolute Gasteiger partial charge is 0.481 e. The molecule has 0 aromatic carbocycles. The summed E-state index contributed by atoms with van der Waals surface area (Å²) in [6.07, 6.45) is 3.45. The first-order valence-corrected chi connectivity index (χ1v) is 7.42. The van der Waals surface area contributed by atoms with Gasteiger partial charge in [-0.2, -0.15) is 0 Å². The summed E-state index contributed by atoms with van der Waals surface area (Å²) in [5.74, 6) is -0.884. The Morgan fingerprint density at radius 1 is 1.40 bits per heavy atom. The van der Waals surface area contributed by atoms with Crippen molar-refractivity contribution in [2.75, 3.05) is 26.2 Å². The zero-order valence-corrected chi connectivity index (χ0v) is 12.2. The van der Waals surface area contributed by atoms with Gasteiger partial charge in [0.2, 0.25) is 5.91 Å². The first-order chi connectivity index (χ1) is 9.61. The van der Waals surface area contributed by atoms with E-state index in [0.29, 0.717) is 19.6 Å². The van der Waals surface area contributed by atoms with Crippen molar-refractivity contribution in [3.63, 3.8) is 0 Å². The van der Waals surface area contributed by atoms with Crippen molar-refractivity contribution in [3.8, 4) is 0 Å². The summed E-state index contributed by atoms with van der Waals surface area (Å²) < 4.78 is 5.66. The molecule has 1 saturated heterocycles. The summed E-state index contributed by atoms with van der Waals surface area (Å²) in [7, 11) is 0. The predicted octanol–water partition coefficient (Wildman–Crippen LogP) is 0.762. The second-order valence-corrected chi connectivity index (χ2v) is 5.25. The van der Waals surface area contributed by atoms with Crippen LogP contribution in [0, 0.1) is 5.92 Å². The van der Waals surface area contributed by atoms with Crippen LogP contribution in [0.25, 0.3) is 0 Å². The highest BCUT2D eigenvalue weighted by molar-refractivity contribution is 5.76. The highest BCUT2D eigenvalue weighted by atomic mass is 16.5. The topological polar surface area (TPSA) is 87.7 Å². The average molecular weight is 286 g/mol. The number of amides is 1. The van der Waals surface area contributed by atoms with Gasteiger partial charge in [0.15, 0.2) is 0 Å². The SMILES string of the molecule is CCC(CNC(=O)CCOC1CCNCC1)CC(=O)O. The van der Waals surface area contributed by atoms with Crippen molar-refractivity contribution < 1.29 is 19.4 Å². The van der Waals surface area contributed by atoms with Gasteiger partial charge >= 0.3 is 5.97 Å². The Hall–Kier alpha value is -1.14. The smallest absolute Gasteiger partial charge is 0.303 e. The fourth-order valence-corrected chi connectivity index (χ4v) is 2.23. The average Bonchev–Trinajstić information content (AvgIpc) is 2.44. The predicted molar refractivity (Wildman–Crippen MR) is 75.5 cm³/mol. The Morgan fingerprint density at radius 3 is 2.70 bits per heavy atom. The van der Waals surface area contributed by atoms with Gasteiger partial charge in [0.25, 0.3) is 0 Å². The third-order valence-corrected chi connectivity index (χ3v) is 3.60. The maximum atomic E-state index is 11.6. The van der Waals surface area contributed by atoms with E-state index in [0.717, 1.165) is 32.4 Å². The summed E-state index contributed by atoms with van der Waals surface area (Å²) >= 11 is 0. The highest BCUT2D eigenvalue weighted by Crippen LogP contribution is 2.08. The standard InChI is InChI=1S/C14H26N2O4/c1-2-11(9-14(18)19)10-16-13(17)5-8-20-12-3-6-15-7-4-12/h11-12,15H,2-10H2,1H3,(H,16,17)(H,18,19). The van der Waals surface area contributed by atoms with E-state index < -0.39 is 5.97 Å². The van der Waals surface area contributed by atoms with Crippen LogP contribution in [0.5, 0.6) is 0 Å². The highest BCUT2D eigenvalue weighted by Gasteiger charge is 2.15. The quantitative estimate of drug-likeness (QED) is 0.582. The molecule has 1 heterocycles. The number of ether oxygens (including phenoxy) is 1. The van der Waals surface area contributed by atoms with Crippen LogP contribution in [0.4, 0.5) is 0 Å². The van der Waals surface area contributed by atoms with Crippen molar-refractivity contribution in [2.45, 2.75) is 45.1 Å². The van der Waals surface area contributed by atoms with Crippen LogP contribution in [-0.2, 0) is 14.3 Å². The summed E-state index contributed by atoms with van der Waals surface area (Å²) in [6.45, 7) is 4.75. The molecule has 1 aliphatic heterocycles. The maximum absolute atomic E-state index is 11.6. The lowest BCUT2D eigenvalue weighted by atomic mass is 10.0. The van der Waals surface area contributed by atoms with E-state index in [2.05, 4.69) is 10.6 Å². The monoisotopic (exact) mass is 286 g/mol. The van der Waals surface area contributed by atoms with Crippen molar-refractivity contribution in [2.24, 2.45) is 5.92 Å². The number of nitrogens with one attached hydrogen (secondary N) is 2. The maximum Gasteiger partial charge on any atom is 0.303 e. The molecular weight excluding hydrogens is 260 g/mol. The minimum Gasteiger partial charge on any atom is -0.481 e. The van der Waals surface area contributed by atoms with Gasteiger partial charge in [0.1, 0.15) is 0 Å². The Balaban J connectivity index is 2.08. The van der Waals surface area contributed by atoms with Gasteiger partial charge in [0, 0.05) is 19.4 Å². The minimum atomic E-state index is -0.819. The molecule has 0 bridgehead atoms. The minimum absolute atomic E-state index is 0.00165. The first-order valence-electron chi connectivity index (χ1n) is 7.42. The van der Waals surface area contributed by atoms with Crippen molar-refractivity contribution in [1.82, 2.24) is 10.6 Å². The summed E-state index contributed by atoms with van der Waals surface area (Å²) in [6, 6.07) is 0. The van der Waals surface area contributed by atoms with Crippen LogP contribution < -0.4 is 10.6 Å². The molecule has 1 atom stereocenters. The Kier molecular flexibility index (Phi) is 8.22. The molecule has 0 aromatic heterocycles. The lowest BCUT2D eigenvalue weighted by molar-refractivity contribution is -0.138. The molecule has 1 rings (SSSR count). The molecule has 6 heteroatoms. The lowest BCUT2D eigenvalue weighted by Gasteiger charge is -2.22. The number of hydrogen-bond donors (Lipinski definition) is 3. The van der Waals surface area contributed by atoms with Crippen molar-refractivity contribution in [1.29, 1.82) is 0 Å². The summed E-state index contributed by atoms with van der Waals surface area (Å²) in [5, 5.41) is 14.8.